The van der Waals surface area contributed by atoms with Crippen molar-refractivity contribution in [3.05, 3.63) is 66.2 Å². The van der Waals surface area contributed by atoms with E-state index >= 15 is 0 Å². The Balaban J connectivity index is 1.14. The second-order valence-electron chi connectivity index (χ2n) is 12.5. The second-order valence-corrected chi connectivity index (χ2v) is 13.6. The summed E-state index contributed by atoms with van der Waals surface area (Å²) in [6.07, 6.45) is 8.03. The molecule has 1 aromatic heterocycles. The zero-order chi connectivity index (χ0) is 31.9. The maximum Gasteiger partial charge on any atom is 0.243 e. The standard InChI is InChI=1S/C35H43N5O5S/c1-2-45-26-11-12-28-30(21-26)46-34(38-28)39-31(41)23-40-17-13-27-25(22-40)10-6-7-14-35(15-18-44-19-16-35)33(43)37-29(32(42)36-27)20-24-8-4-3-5-9-24/h3-9,11-12,21,25,27,29H,2,10,13-20,22-23H2,1H3,(H,36,42)(H,37,43)(H,38,39,41)/b7-6+/t25-,27-,29-/m0/s1. The molecule has 4 heterocycles. The van der Waals surface area contributed by atoms with Gasteiger partial charge in [-0.2, -0.15) is 0 Å². The van der Waals surface area contributed by atoms with Crippen LogP contribution in [0.5, 0.6) is 5.75 Å². The summed E-state index contributed by atoms with van der Waals surface area (Å²) in [4.78, 5) is 47.5. The predicted molar refractivity (Wildman–Crippen MR) is 179 cm³/mol. The fourth-order valence-corrected chi connectivity index (χ4v) is 7.69. The minimum atomic E-state index is -0.680. The van der Waals surface area contributed by atoms with Crippen LogP contribution in [0.1, 0.15) is 44.6 Å². The fraction of sp³-hybridized carbons (Fsp3) is 0.486. The maximum absolute atomic E-state index is 13.8. The molecule has 0 radical (unpaired) electrons. The Hall–Kier alpha value is -3.80. The fourth-order valence-electron chi connectivity index (χ4n) is 6.78. The molecule has 2 saturated heterocycles. The van der Waals surface area contributed by atoms with Gasteiger partial charge >= 0.3 is 0 Å². The average Bonchev–Trinajstić information content (AvgIpc) is 3.45. The number of amides is 3. The highest BCUT2D eigenvalue weighted by Crippen LogP contribution is 2.36. The van der Waals surface area contributed by atoms with Gasteiger partial charge in [0.15, 0.2) is 5.13 Å². The summed E-state index contributed by atoms with van der Waals surface area (Å²) in [5.41, 5.74) is 1.23. The first-order valence-electron chi connectivity index (χ1n) is 16.3. The van der Waals surface area contributed by atoms with Crippen LogP contribution in [0.2, 0.25) is 0 Å². The maximum atomic E-state index is 13.8. The van der Waals surface area contributed by atoms with E-state index in [2.05, 4.69) is 38.0 Å². The molecule has 1 spiro atoms. The second kappa shape index (κ2) is 14.7. The Bertz CT molecular complexity index is 1550. The number of hydrogen-bond donors (Lipinski definition) is 3. The summed E-state index contributed by atoms with van der Waals surface area (Å²) >= 11 is 1.43. The molecule has 3 aromatic rings. The first kappa shape index (κ1) is 32.2. The lowest BCUT2D eigenvalue weighted by Gasteiger charge is -2.40. The van der Waals surface area contributed by atoms with E-state index in [1.807, 2.05) is 55.5 Å². The lowest BCUT2D eigenvalue weighted by atomic mass is 9.75. The van der Waals surface area contributed by atoms with Crippen LogP contribution < -0.4 is 20.7 Å². The van der Waals surface area contributed by atoms with E-state index in [0.717, 1.165) is 28.0 Å². The number of allylic oxidation sites excluding steroid dienone is 2. The van der Waals surface area contributed by atoms with Gasteiger partial charge in [-0.1, -0.05) is 53.8 Å². The van der Waals surface area contributed by atoms with E-state index in [4.69, 9.17) is 9.47 Å². The number of likely N-dealkylation sites (tertiary alicyclic amines) is 1. The number of rotatable bonds is 7. The van der Waals surface area contributed by atoms with Crippen molar-refractivity contribution in [2.75, 3.05) is 44.8 Å². The molecule has 3 aliphatic heterocycles. The number of thiazole rings is 1. The molecule has 244 valence electrons. The highest BCUT2D eigenvalue weighted by molar-refractivity contribution is 7.22. The van der Waals surface area contributed by atoms with Gasteiger partial charge in [-0.3, -0.25) is 19.3 Å². The zero-order valence-corrected chi connectivity index (χ0v) is 27.2. The Kier molecular flexibility index (Phi) is 10.3. The third-order valence-corrected chi connectivity index (χ3v) is 10.3. The van der Waals surface area contributed by atoms with Crippen molar-refractivity contribution in [2.24, 2.45) is 11.3 Å². The van der Waals surface area contributed by atoms with E-state index < -0.39 is 11.5 Å². The molecule has 11 heteroatoms. The molecule has 0 saturated carbocycles. The lowest BCUT2D eigenvalue weighted by Crippen LogP contribution is -2.58. The monoisotopic (exact) mass is 645 g/mol. The molecule has 2 fully saturated rings. The minimum Gasteiger partial charge on any atom is -0.494 e. The van der Waals surface area contributed by atoms with Crippen LogP contribution in [0.4, 0.5) is 5.13 Å². The lowest BCUT2D eigenvalue weighted by molar-refractivity contribution is -0.140. The number of carbonyl (C=O) groups is 3. The van der Waals surface area contributed by atoms with Gasteiger partial charge in [-0.05, 0) is 68.7 Å². The SMILES string of the molecule is CCOc1ccc2nc(NC(=O)CN3CC[C@@H]4NC(=O)[C@H](Cc5ccccc5)NC(=O)C5(C/C=C/C[C@H]4C3)CCOCC5)sc2c1. The molecule has 0 unspecified atom stereocenters. The van der Waals surface area contributed by atoms with Crippen molar-refractivity contribution in [2.45, 2.75) is 57.5 Å². The van der Waals surface area contributed by atoms with Crippen molar-refractivity contribution < 1.29 is 23.9 Å². The van der Waals surface area contributed by atoms with Crippen LogP contribution in [-0.4, -0.2) is 79.1 Å². The van der Waals surface area contributed by atoms with Gasteiger partial charge in [-0.25, -0.2) is 4.98 Å². The zero-order valence-electron chi connectivity index (χ0n) is 26.3. The van der Waals surface area contributed by atoms with E-state index in [0.29, 0.717) is 70.1 Å². The molecule has 0 aliphatic carbocycles. The van der Waals surface area contributed by atoms with E-state index in [-0.39, 0.29) is 36.2 Å². The summed E-state index contributed by atoms with van der Waals surface area (Å²) in [5, 5.41) is 10.0. The highest BCUT2D eigenvalue weighted by Gasteiger charge is 2.41. The topological polar surface area (TPSA) is 122 Å². The van der Waals surface area contributed by atoms with E-state index in [1.54, 1.807) is 0 Å². The summed E-state index contributed by atoms with van der Waals surface area (Å²) in [7, 11) is 0. The number of nitrogens with one attached hydrogen (secondary N) is 3. The van der Waals surface area contributed by atoms with Crippen LogP contribution in [0.25, 0.3) is 10.2 Å². The molecule has 46 heavy (non-hydrogen) atoms. The van der Waals surface area contributed by atoms with Crippen molar-refractivity contribution in [1.29, 1.82) is 0 Å². The first-order valence-corrected chi connectivity index (χ1v) is 17.2. The van der Waals surface area contributed by atoms with Gasteiger partial charge in [0, 0.05) is 38.8 Å². The molecule has 3 N–H and O–H groups in total. The summed E-state index contributed by atoms with van der Waals surface area (Å²) in [5.74, 6) is 0.571. The van der Waals surface area contributed by atoms with Crippen molar-refractivity contribution >= 4 is 44.4 Å². The van der Waals surface area contributed by atoms with Gasteiger partial charge < -0.3 is 25.4 Å². The Morgan fingerprint density at radius 2 is 1.96 bits per heavy atom. The van der Waals surface area contributed by atoms with Crippen molar-refractivity contribution in [3.8, 4) is 5.75 Å². The van der Waals surface area contributed by atoms with Crippen molar-refractivity contribution in [3.63, 3.8) is 0 Å². The number of anilines is 1. The predicted octanol–water partition coefficient (Wildman–Crippen LogP) is 4.31. The number of carbonyl (C=O) groups excluding carboxylic acids is 3. The Labute approximate surface area is 273 Å². The number of ether oxygens (including phenoxy) is 2. The van der Waals surface area contributed by atoms with Crippen LogP contribution in [0, 0.1) is 11.3 Å². The van der Waals surface area contributed by atoms with Gasteiger partial charge in [0.05, 0.1) is 28.8 Å². The van der Waals surface area contributed by atoms with Gasteiger partial charge in [-0.15, -0.1) is 0 Å². The molecule has 10 nitrogen and oxygen atoms in total. The molecule has 3 aliphatic rings. The highest BCUT2D eigenvalue weighted by atomic mass is 32.1. The normalized spacial score (nSPS) is 24.6. The number of hydrogen-bond acceptors (Lipinski definition) is 8. The van der Waals surface area contributed by atoms with Crippen molar-refractivity contribution in [1.82, 2.24) is 20.5 Å². The molecule has 6 rings (SSSR count). The number of nitrogens with zero attached hydrogens (tertiary/aromatic N) is 2. The van der Waals surface area contributed by atoms with Crippen LogP contribution >= 0.6 is 11.3 Å². The van der Waals surface area contributed by atoms with Gasteiger partial charge in [0.1, 0.15) is 11.8 Å². The Morgan fingerprint density at radius 1 is 1.13 bits per heavy atom. The quantitative estimate of drug-likeness (QED) is 0.328. The number of fused-ring (bicyclic) bond motifs is 2. The number of aromatic nitrogens is 1. The summed E-state index contributed by atoms with van der Waals surface area (Å²) in [6, 6.07) is 14.8. The van der Waals surface area contributed by atoms with Crippen LogP contribution in [0.15, 0.2) is 60.7 Å². The number of benzene rings is 2. The molecule has 0 bridgehead atoms. The summed E-state index contributed by atoms with van der Waals surface area (Å²) in [6.45, 7) is 5.20. The molecule has 3 atom stereocenters. The Morgan fingerprint density at radius 3 is 2.76 bits per heavy atom. The van der Waals surface area contributed by atoms with E-state index in [9.17, 15) is 14.4 Å². The smallest absolute Gasteiger partial charge is 0.243 e. The van der Waals surface area contributed by atoms with Gasteiger partial charge in [0.25, 0.3) is 0 Å². The average molecular weight is 646 g/mol. The largest absolute Gasteiger partial charge is 0.494 e. The van der Waals surface area contributed by atoms with Gasteiger partial charge in [0.2, 0.25) is 17.7 Å². The third kappa shape index (κ3) is 7.76. The molecule has 2 aromatic carbocycles. The number of piperidine rings is 1. The first-order chi connectivity index (χ1) is 22.4. The van der Waals surface area contributed by atoms with E-state index in [1.165, 1.54) is 11.3 Å². The van der Waals surface area contributed by atoms with Crippen LogP contribution in [0.3, 0.4) is 0 Å². The molecular weight excluding hydrogens is 602 g/mol. The summed E-state index contributed by atoms with van der Waals surface area (Å²) < 4.78 is 12.2. The van der Waals surface area contributed by atoms with Crippen LogP contribution in [-0.2, 0) is 25.5 Å². The molecule has 3 amide bonds. The third-order valence-electron chi connectivity index (χ3n) is 9.38. The minimum absolute atomic E-state index is 0.0631. The molecular formula is C35H43N5O5S.